The molecule has 1 aromatic rings. The maximum Gasteiger partial charge on any atom is 0.492 e. The summed E-state index contributed by atoms with van der Waals surface area (Å²) in [5.41, 5.74) is 0.322. The van der Waals surface area contributed by atoms with Gasteiger partial charge < -0.3 is 14.8 Å². The van der Waals surface area contributed by atoms with Gasteiger partial charge in [-0.1, -0.05) is 23.7 Å². The summed E-state index contributed by atoms with van der Waals surface area (Å²) in [5, 5.41) is 18.7. The van der Waals surface area contributed by atoms with Gasteiger partial charge in [-0.25, -0.2) is 0 Å². The van der Waals surface area contributed by atoms with Crippen LogP contribution in [0.4, 0.5) is 0 Å². The SMILES string of the molecule is OB(O)c1cccc(Cl)c1OCC1CC1. The maximum absolute atomic E-state index is 9.13. The van der Waals surface area contributed by atoms with Crippen LogP contribution in [0.2, 0.25) is 5.02 Å². The molecule has 3 nitrogen and oxygen atoms in total. The highest BCUT2D eigenvalue weighted by Crippen LogP contribution is 2.30. The Balaban J connectivity index is 2.16. The van der Waals surface area contributed by atoms with Crippen LogP contribution in [0.5, 0.6) is 5.75 Å². The lowest BCUT2D eigenvalue weighted by Crippen LogP contribution is -2.31. The molecule has 1 aliphatic carbocycles. The Morgan fingerprint density at radius 1 is 1.40 bits per heavy atom. The number of rotatable bonds is 4. The number of benzene rings is 1. The van der Waals surface area contributed by atoms with Crippen molar-refractivity contribution in [1.29, 1.82) is 0 Å². The molecule has 0 radical (unpaired) electrons. The highest BCUT2D eigenvalue weighted by Gasteiger charge is 2.24. The first-order valence-corrected chi connectivity index (χ1v) is 5.33. The van der Waals surface area contributed by atoms with Crippen LogP contribution in [-0.4, -0.2) is 23.8 Å². The summed E-state index contributed by atoms with van der Waals surface area (Å²) in [6.07, 6.45) is 2.36. The van der Waals surface area contributed by atoms with Crippen LogP contribution in [0, 0.1) is 5.92 Å². The second-order valence-electron chi connectivity index (χ2n) is 3.79. The standard InChI is InChI=1S/C10H12BClO3/c12-9-3-1-2-8(11(13)14)10(9)15-6-7-4-5-7/h1-3,7,13-14H,4-6H2. The van der Waals surface area contributed by atoms with Gasteiger partial charge in [0.25, 0.3) is 0 Å². The molecular formula is C10H12BClO3. The van der Waals surface area contributed by atoms with E-state index in [1.165, 1.54) is 12.8 Å². The van der Waals surface area contributed by atoms with Gasteiger partial charge in [-0.2, -0.15) is 0 Å². The minimum atomic E-state index is -1.54. The van der Waals surface area contributed by atoms with Gasteiger partial charge in [0.05, 0.1) is 11.6 Å². The third kappa shape index (κ3) is 2.65. The van der Waals surface area contributed by atoms with Crippen LogP contribution in [0.25, 0.3) is 0 Å². The Kier molecular flexibility index (Phi) is 3.19. The first kappa shape index (κ1) is 10.8. The third-order valence-electron chi connectivity index (χ3n) is 2.44. The Morgan fingerprint density at radius 3 is 2.73 bits per heavy atom. The first-order valence-electron chi connectivity index (χ1n) is 4.96. The van der Waals surface area contributed by atoms with Crippen molar-refractivity contribution in [3.05, 3.63) is 23.2 Å². The predicted molar refractivity (Wildman–Crippen MR) is 59.5 cm³/mol. The summed E-state index contributed by atoms with van der Waals surface area (Å²) in [4.78, 5) is 0. The van der Waals surface area contributed by atoms with Gasteiger partial charge in [-0.3, -0.25) is 0 Å². The van der Waals surface area contributed by atoms with E-state index in [9.17, 15) is 0 Å². The number of halogens is 1. The van der Waals surface area contributed by atoms with Crippen LogP contribution >= 0.6 is 11.6 Å². The average molecular weight is 226 g/mol. The van der Waals surface area contributed by atoms with E-state index < -0.39 is 7.12 Å². The number of hydrogen-bond donors (Lipinski definition) is 2. The highest BCUT2D eigenvalue weighted by atomic mass is 35.5. The van der Waals surface area contributed by atoms with Crippen molar-refractivity contribution in [3.8, 4) is 5.75 Å². The second-order valence-corrected chi connectivity index (χ2v) is 4.19. The summed E-state index contributed by atoms with van der Waals surface area (Å²) in [7, 11) is -1.54. The average Bonchev–Trinajstić information content (AvgIpc) is 2.99. The minimum Gasteiger partial charge on any atom is -0.492 e. The molecule has 2 rings (SSSR count). The minimum absolute atomic E-state index is 0.322. The molecule has 0 spiro atoms. The highest BCUT2D eigenvalue weighted by molar-refractivity contribution is 6.60. The number of ether oxygens (including phenoxy) is 1. The third-order valence-corrected chi connectivity index (χ3v) is 2.73. The zero-order valence-corrected chi connectivity index (χ0v) is 8.94. The molecule has 1 fully saturated rings. The lowest BCUT2D eigenvalue weighted by Gasteiger charge is -2.12. The molecule has 0 aliphatic heterocycles. The molecule has 5 heteroatoms. The summed E-state index contributed by atoms with van der Waals surface area (Å²) >= 11 is 5.93. The van der Waals surface area contributed by atoms with E-state index in [0.29, 0.717) is 28.8 Å². The molecule has 0 heterocycles. The topological polar surface area (TPSA) is 49.7 Å². The predicted octanol–water partition coefficient (Wildman–Crippen LogP) is 0.809. The molecule has 0 saturated heterocycles. The Hall–Kier alpha value is -0.705. The largest absolute Gasteiger partial charge is 0.492 e. The Labute approximate surface area is 93.8 Å². The van der Waals surface area contributed by atoms with Crippen LogP contribution in [0.1, 0.15) is 12.8 Å². The fraction of sp³-hybridized carbons (Fsp3) is 0.400. The lowest BCUT2D eigenvalue weighted by molar-refractivity contribution is 0.300. The van der Waals surface area contributed by atoms with E-state index in [2.05, 4.69) is 0 Å². The molecule has 0 aromatic heterocycles. The second kappa shape index (κ2) is 4.43. The van der Waals surface area contributed by atoms with Crippen LogP contribution in [0.15, 0.2) is 18.2 Å². The summed E-state index contributed by atoms with van der Waals surface area (Å²) < 4.78 is 5.50. The number of hydrogen-bond acceptors (Lipinski definition) is 3. The van der Waals surface area contributed by atoms with E-state index in [1.54, 1.807) is 18.2 Å². The lowest BCUT2D eigenvalue weighted by atomic mass is 9.79. The molecular weight excluding hydrogens is 214 g/mol. The van der Waals surface area contributed by atoms with E-state index in [4.69, 9.17) is 26.4 Å². The molecule has 2 N–H and O–H groups in total. The van der Waals surface area contributed by atoms with Crippen LogP contribution < -0.4 is 10.2 Å². The Morgan fingerprint density at radius 2 is 2.13 bits per heavy atom. The molecule has 0 amide bonds. The first-order chi connectivity index (χ1) is 7.18. The van der Waals surface area contributed by atoms with E-state index in [1.807, 2.05) is 0 Å². The van der Waals surface area contributed by atoms with Gasteiger partial charge in [-0.15, -0.1) is 0 Å². The molecule has 0 unspecified atom stereocenters. The van der Waals surface area contributed by atoms with Gasteiger partial charge in [0.2, 0.25) is 0 Å². The fourth-order valence-corrected chi connectivity index (χ4v) is 1.60. The van der Waals surface area contributed by atoms with Crippen molar-refractivity contribution >= 4 is 24.2 Å². The smallest absolute Gasteiger partial charge is 0.492 e. The van der Waals surface area contributed by atoms with Crippen molar-refractivity contribution in [2.45, 2.75) is 12.8 Å². The van der Waals surface area contributed by atoms with Gasteiger partial charge in [-0.05, 0) is 24.8 Å². The van der Waals surface area contributed by atoms with E-state index >= 15 is 0 Å². The normalized spacial score (nSPS) is 15.1. The fourth-order valence-electron chi connectivity index (χ4n) is 1.37. The molecule has 15 heavy (non-hydrogen) atoms. The monoisotopic (exact) mass is 226 g/mol. The summed E-state index contributed by atoms with van der Waals surface area (Å²) in [5.74, 6) is 0.992. The van der Waals surface area contributed by atoms with E-state index in [0.717, 1.165) is 0 Å². The summed E-state index contributed by atoms with van der Waals surface area (Å²) in [6, 6.07) is 4.94. The molecule has 1 aliphatic rings. The van der Waals surface area contributed by atoms with Crippen LogP contribution in [-0.2, 0) is 0 Å². The molecule has 1 aromatic carbocycles. The van der Waals surface area contributed by atoms with Crippen molar-refractivity contribution in [3.63, 3.8) is 0 Å². The molecule has 0 atom stereocenters. The van der Waals surface area contributed by atoms with Crippen molar-refractivity contribution in [1.82, 2.24) is 0 Å². The van der Waals surface area contributed by atoms with Gasteiger partial charge >= 0.3 is 7.12 Å². The van der Waals surface area contributed by atoms with Crippen LogP contribution in [0.3, 0.4) is 0 Å². The Bertz CT molecular complexity index is 353. The van der Waals surface area contributed by atoms with Gasteiger partial charge in [0.15, 0.2) is 0 Å². The van der Waals surface area contributed by atoms with Crippen molar-refractivity contribution in [2.75, 3.05) is 6.61 Å². The van der Waals surface area contributed by atoms with Gasteiger partial charge in [0, 0.05) is 5.46 Å². The number of para-hydroxylation sites is 1. The molecule has 0 bridgehead atoms. The van der Waals surface area contributed by atoms with Crippen molar-refractivity contribution in [2.24, 2.45) is 5.92 Å². The van der Waals surface area contributed by atoms with Crippen molar-refractivity contribution < 1.29 is 14.8 Å². The van der Waals surface area contributed by atoms with E-state index in [-0.39, 0.29) is 0 Å². The zero-order chi connectivity index (χ0) is 10.8. The quantitative estimate of drug-likeness (QED) is 0.747. The molecule has 1 saturated carbocycles. The summed E-state index contributed by atoms with van der Waals surface area (Å²) in [6.45, 7) is 0.601. The zero-order valence-electron chi connectivity index (χ0n) is 8.19. The maximum atomic E-state index is 9.13. The van der Waals surface area contributed by atoms with Gasteiger partial charge in [0.1, 0.15) is 5.75 Å². The molecule has 80 valence electrons.